The molecule has 1 atom stereocenters. The number of nitrogens with zero attached hydrogens (tertiary/aromatic N) is 6. The molecule has 1 saturated heterocycles. The third kappa shape index (κ3) is 3.71. The average molecular weight is 451 g/mol. The first-order valence-corrected chi connectivity index (χ1v) is 10.9. The predicted octanol–water partition coefficient (Wildman–Crippen LogP) is 4.09. The number of rotatable bonds is 3. The molecule has 0 aliphatic carbocycles. The van der Waals surface area contributed by atoms with E-state index in [9.17, 15) is 4.79 Å². The van der Waals surface area contributed by atoms with Crippen molar-refractivity contribution < 1.29 is 9.53 Å². The van der Waals surface area contributed by atoms with E-state index in [0.29, 0.717) is 24.7 Å². The summed E-state index contributed by atoms with van der Waals surface area (Å²) in [5, 5.41) is 10.2. The smallest absolute Gasteiger partial charge is 0.410 e. The van der Waals surface area contributed by atoms with Crippen molar-refractivity contribution in [2.24, 2.45) is 0 Å². The molecule has 3 heterocycles. The number of amides is 1. The molecular weight excluding hydrogens is 428 g/mol. The third-order valence-corrected chi connectivity index (χ3v) is 6.03. The molecule has 2 aromatic carbocycles. The molecule has 9 heteroatoms. The summed E-state index contributed by atoms with van der Waals surface area (Å²) in [4.78, 5) is 21.5. The lowest BCUT2D eigenvalue weighted by atomic mass is 10.2. The van der Waals surface area contributed by atoms with Crippen LogP contribution in [0.5, 0.6) is 0 Å². The number of carbonyl (C=O) groups is 1. The number of ether oxygens (including phenoxy) is 1. The van der Waals surface area contributed by atoms with E-state index >= 15 is 0 Å². The molecule has 0 saturated carbocycles. The highest BCUT2D eigenvalue weighted by Gasteiger charge is 2.31. The Hall–Kier alpha value is -3.39. The number of aryl methyl sites for hydroxylation is 1. The highest BCUT2D eigenvalue weighted by atomic mass is 35.5. The fraction of sp³-hybridized carbons (Fsp3) is 0.304. The largest absolute Gasteiger partial charge is 0.445 e. The van der Waals surface area contributed by atoms with Gasteiger partial charge in [-0.05, 0) is 37.6 Å². The predicted molar refractivity (Wildman–Crippen MR) is 123 cm³/mol. The first kappa shape index (κ1) is 20.5. The SMILES string of the molecule is Cc1nnc2c3ccc(Cl)cc3nc(N3CCN(C(=O)OCc4ccccc4)[C@H](C)C3)n12. The summed E-state index contributed by atoms with van der Waals surface area (Å²) in [5.41, 5.74) is 2.48. The van der Waals surface area contributed by atoms with E-state index in [1.165, 1.54) is 0 Å². The maximum atomic E-state index is 12.7. The van der Waals surface area contributed by atoms with Crippen molar-refractivity contribution in [3.8, 4) is 0 Å². The molecule has 32 heavy (non-hydrogen) atoms. The van der Waals surface area contributed by atoms with Gasteiger partial charge >= 0.3 is 6.09 Å². The Morgan fingerprint density at radius 3 is 2.75 bits per heavy atom. The number of hydrogen-bond acceptors (Lipinski definition) is 6. The van der Waals surface area contributed by atoms with Gasteiger partial charge in [0.05, 0.1) is 5.52 Å². The summed E-state index contributed by atoms with van der Waals surface area (Å²) in [6.07, 6.45) is -0.301. The van der Waals surface area contributed by atoms with E-state index in [4.69, 9.17) is 21.3 Å². The molecule has 1 aliphatic heterocycles. The molecule has 0 unspecified atom stereocenters. The highest BCUT2D eigenvalue weighted by Crippen LogP contribution is 2.27. The van der Waals surface area contributed by atoms with Crippen LogP contribution in [0.15, 0.2) is 48.5 Å². The van der Waals surface area contributed by atoms with Crippen molar-refractivity contribution in [1.82, 2.24) is 24.5 Å². The second kappa shape index (κ2) is 8.27. The van der Waals surface area contributed by atoms with Crippen LogP contribution in [0.2, 0.25) is 5.02 Å². The number of anilines is 1. The molecule has 5 rings (SSSR count). The zero-order chi connectivity index (χ0) is 22.2. The molecule has 0 bridgehead atoms. The maximum Gasteiger partial charge on any atom is 0.410 e. The van der Waals surface area contributed by atoms with Crippen molar-refractivity contribution in [2.45, 2.75) is 26.5 Å². The van der Waals surface area contributed by atoms with Crippen LogP contribution in [0.1, 0.15) is 18.3 Å². The van der Waals surface area contributed by atoms with Gasteiger partial charge in [0, 0.05) is 36.1 Å². The fourth-order valence-electron chi connectivity index (χ4n) is 4.15. The fourth-order valence-corrected chi connectivity index (χ4v) is 4.31. The molecule has 2 aromatic heterocycles. The number of piperazine rings is 1. The number of hydrogen-bond donors (Lipinski definition) is 0. The Balaban J connectivity index is 1.38. The number of carbonyl (C=O) groups excluding carboxylic acids is 1. The zero-order valence-corrected chi connectivity index (χ0v) is 18.7. The van der Waals surface area contributed by atoms with Crippen LogP contribution in [0.25, 0.3) is 16.6 Å². The van der Waals surface area contributed by atoms with Gasteiger partial charge in [-0.15, -0.1) is 10.2 Å². The van der Waals surface area contributed by atoms with Gasteiger partial charge in [0.1, 0.15) is 12.4 Å². The summed E-state index contributed by atoms with van der Waals surface area (Å²) in [6.45, 7) is 5.97. The van der Waals surface area contributed by atoms with Crippen molar-refractivity contribution >= 4 is 40.2 Å². The lowest BCUT2D eigenvalue weighted by Gasteiger charge is -2.39. The molecule has 4 aromatic rings. The Morgan fingerprint density at radius 2 is 1.97 bits per heavy atom. The monoisotopic (exact) mass is 450 g/mol. The number of aromatic nitrogens is 4. The first-order chi connectivity index (χ1) is 15.5. The maximum absolute atomic E-state index is 12.7. The van der Waals surface area contributed by atoms with Crippen LogP contribution in [-0.4, -0.2) is 56.3 Å². The van der Waals surface area contributed by atoms with Crippen molar-refractivity contribution in [3.05, 3.63) is 64.9 Å². The molecule has 8 nitrogen and oxygen atoms in total. The lowest BCUT2D eigenvalue weighted by molar-refractivity contribution is 0.0793. The van der Waals surface area contributed by atoms with Gasteiger partial charge in [0.15, 0.2) is 5.65 Å². The van der Waals surface area contributed by atoms with Crippen LogP contribution in [-0.2, 0) is 11.3 Å². The average Bonchev–Trinajstić information content (AvgIpc) is 3.19. The minimum absolute atomic E-state index is 0.0456. The molecule has 1 aliphatic rings. The summed E-state index contributed by atoms with van der Waals surface area (Å²) < 4.78 is 7.50. The Bertz CT molecular complexity index is 1290. The van der Waals surface area contributed by atoms with Gasteiger partial charge < -0.3 is 14.5 Å². The topological polar surface area (TPSA) is 75.9 Å². The van der Waals surface area contributed by atoms with E-state index < -0.39 is 0 Å². The number of benzene rings is 2. The van der Waals surface area contributed by atoms with Crippen molar-refractivity contribution in [1.29, 1.82) is 0 Å². The lowest BCUT2D eigenvalue weighted by Crippen LogP contribution is -2.54. The number of fused-ring (bicyclic) bond motifs is 3. The molecule has 0 N–H and O–H groups in total. The summed E-state index contributed by atoms with van der Waals surface area (Å²) in [6, 6.07) is 15.2. The summed E-state index contributed by atoms with van der Waals surface area (Å²) in [7, 11) is 0. The molecule has 0 spiro atoms. The highest BCUT2D eigenvalue weighted by molar-refractivity contribution is 6.31. The van der Waals surface area contributed by atoms with Crippen LogP contribution in [0, 0.1) is 6.92 Å². The molecule has 1 fully saturated rings. The van der Waals surface area contributed by atoms with E-state index in [0.717, 1.165) is 33.9 Å². The molecule has 164 valence electrons. The van der Waals surface area contributed by atoms with Gasteiger partial charge in [0.2, 0.25) is 5.95 Å². The second-order valence-electron chi connectivity index (χ2n) is 8.01. The standard InChI is InChI=1S/C23H23ClN6O2/c1-15-13-28(10-11-29(15)23(31)32-14-17-6-4-3-5-7-17)22-25-20-12-18(24)8-9-19(20)21-27-26-16(2)30(21)22/h3-9,12,15H,10-11,13-14H2,1-2H3/t15-/m1/s1. The Kier molecular flexibility index (Phi) is 5.30. The van der Waals surface area contributed by atoms with Crippen molar-refractivity contribution in [2.75, 3.05) is 24.5 Å². The van der Waals surface area contributed by atoms with Crippen molar-refractivity contribution in [3.63, 3.8) is 0 Å². The second-order valence-corrected chi connectivity index (χ2v) is 8.44. The molecule has 0 radical (unpaired) electrons. The quantitative estimate of drug-likeness (QED) is 0.468. The van der Waals surface area contributed by atoms with Crippen LogP contribution < -0.4 is 4.90 Å². The first-order valence-electron chi connectivity index (χ1n) is 10.5. The van der Waals surface area contributed by atoms with E-state index in [-0.39, 0.29) is 18.7 Å². The van der Waals surface area contributed by atoms with Gasteiger partial charge in [-0.3, -0.25) is 0 Å². The summed E-state index contributed by atoms with van der Waals surface area (Å²) in [5.74, 6) is 1.51. The minimum atomic E-state index is -0.301. The number of halogens is 1. The van der Waals surface area contributed by atoms with Crippen LogP contribution in [0.4, 0.5) is 10.7 Å². The Morgan fingerprint density at radius 1 is 1.16 bits per heavy atom. The van der Waals surface area contributed by atoms with Gasteiger partial charge in [0.25, 0.3) is 0 Å². The van der Waals surface area contributed by atoms with Gasteiger partial charge in [-0.25, -0.2) is 14.2 Å². The summed E-state index contributed by atoms with van der Waals surface area (Å²) >= 11 is 6.21. The molecular formula is C23H23ClN6O2. The molecule has 1 amide bonds. The van der Waals surface area contributed by atoms with E-state index in [2.05, 4.69) is 15.1 Å². The zero-order valence-electron chi connectivity index (χ0n) is 17.9. The minimum Gasteiger partial charge on any atom is -0.445 e. The Labute approximate surface area is 190 Å². The van der Waals surface area contributed by atoms with E-state index in [1.54, 1.807) is 4.90 Å². The van der Waals surface area contributed by atoms with Gasteiger partial charge in [-0.2, -0.15) is 0 Å². The third-order valence-electron chi connectivity index (χ3n) is 5.80. The van der Waals surface area contributed by atoms with E-state index in [1.807, 2.05) is 66.8 Å². The van der Waals surface area contributed by atoms with Gasteiger partial charge in [-0.1, -0.05) is 41.9 Å². The normalized spacial score (nSPS) is 16.7. The van der Waals surface area contributed by atoms with Crippen LogP contribution >= 0.6 is 11.6 Å². The van der Waals surface area contributed by atoms with Crippen LogP contribution in [0.3, 0.4) is 0 Å².